The van der Waals surface area contributed by atoms with Gasteiger partial charge in [0.05, 0.1) is 18.1 Å². The lowest BCUT2D eigenvalue weighted by Gasteiger charge is -2.27. The molecule has 6 N–H and O–H groups in total. The number of aryl methyl sites for hydroxylation is 1. The number of thioether (sulfide) groups is 1. The molecule has 14 nitrogen and oxygen atoms in total. The summed E-state index contributed by atoms with van der Waals surface area (Å²) in [5.41, 5.74) is 1.84. The summed E-state index contributed by atoms with van der Waals surface area (Å²) in [5, 5.41) is 30.5. The third kappa shape index (κ3) is 15.1. The Morgan fingerprint density at radius 2 is 1.69 bits per heavy atom. The first kappa shape index (κ1) is 47.0. The number of nitrogens with two attached hydrogens (primary N) is 1. The van der Waals surface area contributed by atoms with Crippen LogP contribution in [-0.4, -0.2) is 97.6 Å². The summed E-state index contributed by atoms with van der Waals surface area (Å²) < 4.78 is 34.0. The Bertz CT molecular complexity index is 1830. The van der Waals surface area contributed by atoms with E-state index in [0.717, 1.165) is 17.3 Å². The minimum absolute atomic E-state index is 0. The molecule has 0 saturated carbocycles. The Labute approximate surface area is 333 Å². The molecule has 0 aromatic heterocycles. The first-order chi connectivity index (χ1) is 25.6. The fraction of sp³-hybridized carbons (Fsp3) is 0.421. The maximum atomic E-state index is 12.7. The number of primary sulfonamides is 1. The number of sulfonamides is 1. The summed E-state index contributed by atoms with van der Waals surface area (Å²) in [4.78, 5) is 49.7. The van der Waals surface area contributed by atoms with Crippen molar-refractivity contribution in [1.82, 2.24) is 15.5 Å². The van der Waals surface area contributed by atoms with Crippen LogP contribution in [0.3, 0.4) is 0 Å². The number of para-hydroxylation sites is 2. The number of aliphatic carboxylic acids is 1. The smallest absolute Gasteiger partial charge is 0.326 e. The van der Waals surface area contributed by atoms with Crippen molar-refractivity contribution in [2.75, 3.05) is 39.1 Å². The molecule has 1 fully saturated rings. The fourth-order valence-electron chi connectivity index (χ4n) is 5.68. The number of nitrogens with zero attached hydrogens (tertiary/aromatic N) is 1. The van der Waals surface area contributed by atoms with E-state index in [1.807, 2.05) is 54.6 Å². The number of aliphatic hydroxyl groups is 1. The van der Waals surface area contributed by atoms with Crippen LogP contribution in [0, 0.1) is 12.8 Å². The summed E-state index contributed by atoms with van der Waals surface area (Å²) in [6.07, 6.45) is 0.505. The summed E-state index contributed by atoms with van der Waals surface area (Å²) in [7, 11) is -2.24. The van der Waals surface area contributed by atoms with Crippen LogP contribution in [0.5, 0.6) is 11.5 Å². The van der Waals surface area contributed by atoms with Gasteiger partial charge in [0.2, 0.25) is 21.8 Å². The molecule has 1 saturated heterocycles. The van der Waals surface area contributed by atoms with E-state index in [4.69, 9.17) is 14.6 Å². The molecule has 0 bridgehead atoms. The highest BCUT2D eigenvalue weighted by Gasteiger charge is 2.37. The van der Waals surface area contributed by atoms with E-state index in [-0.39, 0.29) is 47.2 Å². The molecule has 1 aliphatic heterocycles. The highest BCUT2D eigenvalue weighted by Crippen LogP contribution is 2.26. The van der Waals surface area contributed by atoms with Crippen LogP contribution in [0.4, 0.5) is 0 Å². The van der Waals surface area contributed by atoms with Crippen molar-refractivity contribution >= 4 is 57.1 Å². The number of methoxy groups -OCH3 is 1. The molecule has 1 heterocycles. The monoisotopic (exact) mass is 822 g/mol. The van der Waals surface area contributed by atoms with Crippen LogP contribution < -0.4 is 25.2 Å². The van der Waals surface area contributed by atoms with Crippen LogP contribution in [0.2, 0.25) is 0 Å². The van der Waals surface area contributed by atoms with E-state index >= 15 is 0 Å². The summed E-state index contributed by atoms with van der Waals surface area (Å²) >= 11 is 1.09. The molecular formula is C38H51ClN4O10S2. The van der Waals surface area contributed by atoms with Gasteiger partial charge in [-0.15, -0.1) is 12.4 Å². The molecular weight excluding hydrogens is 772 g/mol. The number of amides is 2. The number of rotatable bonds is 17. The Balaban J connectivity index is 0.000000374. The van der Waals surface area contributed by atoms with E-state index in [1.165, 1.54) is 17.9 Å². The standard InChI is InChI=1S/C20H26N2O5S.C18H24N2O5S.ClH/c1-13(12-28-14(2)23)19(25)22-10-6-9-17(22)18(24)21-16(20(26)27)11-15-7-4-3-5-8-15;1-13-7-8-14(11-18(13)26(19,22)23)15(21)12-20-9-10-25-17-6-4-3-5-16(17)24-2;/h3-5,7-8,13,16-17H,6,9-12H2,1-2H3,(H,21,24)(H,26,27);3-8,11,15,20-21H,9-10,12H2,1-2H3,(H2,19,22,23);1H/t13-,16+,17+;;/m1../s1. The fourth-order valence-corrected chi connectivity index (χ4v) is 7.12. The van der Waals surface area contributed by atoms with E-state index in [0.29, 0.717) is 60.9 Å². The Hall–Kier alpha value is -4.19. The van der Waals surface area contributed by atoms with Crippen molar-refractivity contribution in [3.63, 3.8) is 0 Å². The number of carbonyl (C=O) groups is 4. The zero-order valence-electron chi connectivity index (χ0n) is 31.3. The van der Waals surface area contributed by atoms with Crippen LogP contribution in [0.15, 0.2) is 77.7 Å². The number of aliphatic hydroxyl groups excluding tert-OH is 1. The normalized spacial score (nSPS) is 15.3. The van der Waals surface area contributed by atoms with Crippen molar-refractivity contribution in [2.45, 2.75) is 63.1 Å². The zero-order valence-corrected chi connectivity index (χ0v) is 33.8. The van der Waals surface area contributed by atoms with E-state index < -0.39 is 40.1 Å². The van der Waals surface area contributed by atoms with Crippen LogP contribution in [-0.2, 0) is 35.6 Å². The third-order valence-corrected chi connectivity index (χ3v) is 10.7. The molecule has 4 atom stereocenters. The van der Waals surface area contributed by atoms with E-state index in [1.54, 1.807) is 33.1 Å². The third-order valence-electron chi connectivity index (χ3n) is 8.54. The van der Waals surface area contributed by atoms with Gasteiger partial charge in [0, 0.05) is 44.6 Å². The summed E-state index contributed by atoms with van der Waals surface area (Å²) in [5.74, 6) is -0.454. The molecule has 0 spiro atoms. The molecule has 1 unspecified atom stereocenters. The topological polar surface area (TPSA) is 215 Å². The number of carboxylic acid groups (broad SMARTS) is 1. The quantitative estimate of drug-likeness (QED) is 0.124. The van der Waals surface area contributed by atoms with Gasteiger partial charge in [0.25, 0.3) is 0 Å². The van der Waals surface area contributed by atoms with Gasteiger partial charge in [0.1, 0.15) is 18.7 Å². The zero-order chi connectivity index (χ0) is 39.8. The average Bonchev–Trinajstić information content (AvgIpc) is 3.64. The van der Waals surface area contributed by atoms with Crippen molar-refractivity contribution < 1.29 is 47.3 Å². The minimum atomic E-state index is -3.82. The van der Waals surface area contributed by atoms with Crippen LogP contribution in [0.25, 0.3) is 0 Å². The number of nitrogens with one attached hydrogen (secondary N) is 2. The molecule has 302 valence electrons. The van der Waals surface area contributed by atoms with Gasteiger partial charge in [-0.3, -0.25) is 14.4 Å². The second kappa shape index (κ2) is 23.0. The number of likely N-dealkylation sites (tertiary alicyclic amines) is 1. The van der Waals surface area contributed by atoms with Gasteiger partial charge >= 0.3 is 5.97 Å². The summed E-state index contributed by atoms with van der Waals surface area (Å²) in [6, 6.07) is 19.4. The van der Waals surface area contributed by atoms with Gasteiger partial charge in [-0.2, -0.15) is 0 Å². The van der Waals surface area contributed by atoms with Gasteiger partial charge in [-0.05, 0) is 54.7 Å². The molecule has 3 aromatic rings. The van der Waals surface area contributed by atoms with Gasteiger partial charge in [0.15, 0.2) is 16.6 Å². The van der Waals surface area contributed by atoms with Crippen molar-refractivity contribution in [2.24, 2.45) is 11.1 Å². The molecule has 17 heteroatoms. The lowest BCUT2D eigenvalue weighted by molar-refractivity contribution is -0.144. The van der Waals surface area contributed by atoms with Crippen molar-refractivity contribution in [3.8, 4) is 11.5 Å². The number of hydrogen-bond donors (Lipinski definition) is 5. The lowest BCUT2D eigenvalue weighted by Crippen LogP contribution is -2.52. The van der Waals surface area contributed by atoms with E-state index in [9.17, 15) is 37.8 Å². The number of carboxylic acids is 1. The van der Waals surface area contributed by atoms with Gasteiger partial charge in [-0.1, -0.05) is 73.3 Å². The second-order valence-electron chi connectivity index (χ2n) is 12.8. The number of benzene rings is 3. The first-order valence-electron chi connectivity index (χ1n) is 17.4. The number of hydrogen-bond acceptors (Lipinski definition) is 11. The molecule has 2 amide bonds. The first-order valence-corrected chi connectivity index (χ1v) is 19.9. The van der Waals surface area contributed by atoms with Crippen LogP contribution >= 0.6 is 24.2 Å². The van der Waals surface area contributed by atoms with Crippen molar-refractivity contribution in [1.29, 1.82) is 0 Å². The number of carbonyl (C=O) groups excluding carboxylic acids is 3. The lowest BCUT2D eigenvalue weighted by atomic mass is 10.1. The molecule has 4 rings (SSSR count). The minimum Gasteiger partial charge on any atom is -0.493 e. The predicted octanol–water partition coefficient (Wildman–Crippen LogP) is 3.48. The van der Waals surface area contributed by atoms with Gasteiger partial charge in [-0.25, -0.2) is 18.4 Å². The van der Waals surface area contributed by atoms with Crippen LogP contribution in [0.1, 0.15) is 49.5 Å². The average molecular weight is 823 g/mol. The molecule has 0 aliphatic carbocycles. The number of ether oxygens (including phenoxy) is 2. The van der Waals surface area contributed by atoms with Crippen molar-refractivity contribution in [3.05, 3.63) is 89.5 Å². The maximum Gasteiger partial charge on any atom is 0.326 e. The highest BCUT2D eigenvalue weighted by molar-refractivity contribution is 8.13. The maximum absolute atomic E-state index is 12.7. The number of halogens is 1. The highest BCUT2D eigenvalue weighted by atomic mass is 35.5. The Morgan fingerprint density at radius 1 is 1.04 bits per heavy atom. The summed E-state index contributed by atoms with van der Waals surface area (Å²) in [6.45, 7) is 6.45. The van der Waals surface area contributed by atoms with Gasteiger partial charge < -0.3 is 35.2 Å². The Kier molecular flexibility index (Phi) is 19.6. The Morgan fingerprint density at radius 3 is 2.31 bits per heavy atom. The van der Waals surface area contributed by atoms with E-state index in [2.05, 4.69) is 10.6 Å². The SMILES string of the molecule is CC(=O)SC[C@@H](C)C(=O)N1CCC[C@H]1C(=O)N[C@@H](Cc1ccccc1)C(=O)O.COc1ccccc1OCCNCC(O)c1ccc(C)c(S(N)(=O)=O)c1.Cl. The molecule has 0 radical (unpaired) electrons. The second-order valence-corrected chi connectivity index (χ2v) is 15.5. The molecule has 3 aromatic carbocycles. The molecule has 55 heavy (non-hydrogen) atoms. The largest absolute Gasteiger partial charge is 0.493 e. The predicted molar refractivity (Wildman–Crippen MR) is 213 cm³/mol. The molecule has 1 aliphatic rings.